The third kappa shape index (κ3) is 7.23. The highest BCUT2D eigenvalue weighted by atomic mass is 35.5. The molecule has 2 nitrogen and oxygen atoms in total. The van der Waals surface area contributed by atoms with Gasteiger partial charge < -0.3 is 5.32 Å². The normalized spacial score (nSPS) is 13.7. The molecule has 4 heteroatoms. The maximum absolute atomic E-state index is 12.2. The van der Waals surface area contributed by atoms with Crippen molar-refractivity contribution >= 4 is 29.3 Å². The predicted octanol–water partition coefficient (Wildman–Crippen LogP) is 5.15. The summed E-state index contributed by atoms with van der Waals surface area (Å²) in [4.78, 5) is 13.2. The predicted molar refractivity (Wildman–Crippen MR) is 93.1 cm³/mol. The first kappa shape index (κ1) is 18.4. The van der Waals surface area contributed by atoms with Gasteiger partial charge in [0.15, 0.2) is 0 Å². The highest BCUT2D eigenvalue weighted by Gasteiger charge is 2.15. The van der Waals surface area contributed by atoms with E-state index in [0.717, 1.165) is 22.9 Å². The zero-order chi connectivity index (χ0) is 15.7. The second kappa shape index (κ2) is 10.1. The van der Waals surface area contributed by atoms with Gasteiger partial charge >= 0.3 is 0 Å². The first-order valence-corrected chi connectivity index (χ1v) is 9.02. The minimum absolute atomic E-state index is 0.0881. The van der Waals surface area contributed by atoms with Crippen LogP contribution in [0.3, 0.4) is 0 Å². The lowest BCUT2D eigenvalue weighted by molar-refractivity contribution is -0.120. The van der Waals surface area contributed by atoms with Gasteiger partial charge in [0.1, 0.15) is 0 Å². The molecule has 0 spiro atoms. The topological polar surface area (TPSA) is 29.1 Å². The molecule has 0 saturated carbocycles. The van der Waals surface area contributed by atoms with Crippen molar-refractivity contribution in [3.63, 3.8) is 0 Å². The van der Waals surface area contributed by atoms with E-state index in [-0.39, 0.29) is 11.2 Å². The summed E-state index contributed by atoms with van der Waals surface area (Å²) in [5.41, 5.74) is 0. The Morgan fingerprint density at radius 3 is 2.52 bits per heavy atom. The summed E-state index contributed by atoms with van der Waals surface area (Å²) in [5.74, 6) is 0.714. The van der Waals surface area contributed by atoms with Crippen LogP contribution in [0.15, 0.2) is 29.2 Å². The molecule has 1 N–H and O–H groups in total. The first-order valence-electron chi connectivity index (χ1n) is 7.76. The lowest BCUT2D eigenvalue weighted by atomic mass is 9.99. The van der Waals surface area contributed by atoms with Crippen LogP contribution in [0.4, 0.5) is 0 Å². The third-order valence-corrected chi connectivity index (χ3v) is 4.97. The van der Waals surface area contributed by atoms with Crippen LogP contribution in [0.5, 0.6) is 0 Å². The van der Waals surface area contributed by atoms with Gasteiger partial charge in [0.05, 0.1) is 5.25 Å². The van der Waals surface area contributed by atoms with Crippen LogP contribution < -0.4 is 5.32 Å². The maximum Gasteiger partial charge on any atom is 0.233 e. The van der Waals surface area contributed by atoms with Gasteiger partial charge in [-0.25, -0.2) is 0 Å². The fourth-order valence-electron chi connectivity index (χ4n) is 2.10. The summed E-state index contributed by atoms with van der Waals surface area (Å²) in [6.45, 7) is 7.14. The molecule has 0 aliphatic carbocycles. The highest BCUT2D eigenvalue weighted by Crippen LogP contribution is 2.24. The van der Waals surface area contributed by atoms with Crippen molar-refractivity contribution in [3.8, 4) is 0 Å². The van der Waals surface area contributed by atoms with E-state index in [0.29, 0.717) is 5.92 Å². The summed E-state index contributed by atoms with van der Waals surface area (Å²) in [6, 6.07) is 7.61. The van der Waals surface area contributed by atoms with Crippen molar-refractivity contribution in [2.45, 2.75) is 56.6 Å². The van der Waals surface area contributed by atoms with Gasteiger partial charge in [-0.15, -0.1) is 11.8 Å². The Morgan fingerprint density at radius 1 is 1.29 bits per heavy atom. The zero-order valence-electron chi connectivity index (χ0n) is 13.2. The molecular formula is C17H26ClNOS. The second-order valence-electron chi connectivity index (χ2n) is 5.38. The van der Waals surface area contributed by atoms with E-state index in [4.69, 9.17) is 11.6 Å². The standard InChI is InChI=1S/C17H26ClNOS/c1-4-6-7-14(5-2)12-19-17(20)13(3)21-16-10-8-15(18)9-11-16/h8-11,13-14H,4-7,12H2,1-3H3,(H,19,20)/t13-,14+/m0/s1. The molecule has 1 aromatic carbocycles. The lowest BCUT2D eigenvalue weighted by Gasteiger charge is -2.17. The molecule has 0 heterocycles. The fraction of sp³-hybridized carbons (Fsp3) is 0.588. The van der Waals surface area contributed by atoms with Crippen LogP contribution in [0.1, 0.15) is 46.5 Å². The number of halogens is 1. The van der Waals surface area contributed by atoms with Crippen LogP contribution in [-0.2, 0) is 4.79 Å². The van der Waals surface area contributed by atoms with Crippen LogP contribution in [0.2, 0.25) is 5.02 Å². The Hall–Kier alpha value is -0.670. The maximum atomic E-state index is 12.2. The van der Waals surface area contributed by atoms with E-state index < -0.39 is 0 Å². The average Bonchev–Trinajstić information content (AvgIpc) is 2.49. The number of unbranched alkanes of at least 4 members (excludes halogenated alkanes) is 1. The van der Waals surface area contributed by atoms with Crippen molar-refractivity contribution in [3.05, 3.63) is 29.3 Å². The van der Waals surface area contributed by atoms with E-state index in [2.05, 4.69) is 19.2 Å². The Labute approximate surface area is 138 Å². The number of hydrogen-bond acceptors (Lipinski definition) is 2. The summed E-state index contributed by atoms with van der Waals surface area (Å²) >= 11 is 7.43. The number of hydrogen-bond donors (Lipinski definition) is 1. The van der Waals surface area contributed by atoms with E-state index in [1.807, 2.05) is 31.2 Å². The second-order valence-corrected chi connectivity index (χ2v) is 7.23. The molecule has 1 rings (SSSR count). The van der Waals surface area contributed by atoms with Crippen LogP contribution in [0.25, 0.3) is 0 Å². The first-order chi connectivity index (χ1) is 10.1. The Kier molecular flexibility index (Phi) is 8.86. The van der Waals surface area contributed by atoms with Gasteiger partial charge in [-0.05, 0) is 43.5 Å². The van der Waals surface area contributed by atoms with Gasteiger partial charge in [-0.3, -0.25) is 4.79 Å². The number of carbonyl (C=O) groups is 1. The Bertz CT molecular complexity index is 421. The van der Waals surface area contributed by atoms with E-state index in [1.165, 1.54) is 19.3 Å². The zero-order valence-corrected chi connectivity index (χ0v) is 14.8. The van der Waals surface area contributed by atoms with Gasteiger partial charge in [-0.2, -0.15) is 0 Å². The van der Waals surface area contributed by atoms with Crippen LogP contribution in [-0.4, -0.2) is 17.7 Å². The van der Waals surface area contributed by atoms with Crippen molar-refractivity contribution in [2.75, 3.05) is 6.54 Å². The molecule has 0 aliphatic rings. The summed E-state index contributed by atoms with van der Waals surface area (Å²) in [6.07, 6.45) is 4.78. The van der Waals surface area contributed by atoms with Crippen LogP contribution in [0, 0.1) is 5.92 Å². The quantitative estimate of drug-likeness (QED) is 0.635. The summed E-state index contributed by atoms with van der Waals surface area (Å²) in [7, 11) is 0. The van der Waals surface area contributed by atoms with E-state index in [1.54, 1.807) is 11.8 Å². The largest absolute Gasteiger partial charge is 0.355 e. The smallest absolute Gasteiger partial charge is 0.233 e. The van der Waals surface area contributed by atoms with Crippen molar-refractivity contribution < 1.29 is 4.79 Å². The molecule has 0 aromatic heterocycles. The third-order valence-electron chi connectivity index (χ3n) is 3.60. The van der Waals surface area contributed by atoms with Crippen LogP contribution >= 0.6 is 23.4 Å². The molecule has 0 aliphatic heterocycles. The fourth-order valence-corrected chi connectivity index (χ4v) is 3.12. The molecule has 2 atom stereocenters. The molecule has 1 aromatic rings. The SMILES string of the molecule is CCCC[C@@H](CC)CNC(=O)[C@H](C)Sc1ccc(Cl)cc1. The lowest BCUT2D eigenvalue weighted by Crippen LogP contribution is -2.34. The van der Waals surface area contributed by atoms with Gasteiger partial charge in [0, 0.05) is 16.5 Å². The Balaban J connectivity index is 2.38. The summed E-state index contributed by atoms with van der Waals surface area (Å²) < 4.78 is 0. The number of nitrogens with one attached hydrogen (secondary N) is 1. The van der Waals surface area contributed by atoms with E-state index in [9.17, 15) is 4.79 Å². The molecule has 21 heavy (non-hydrogen) atoms. The number of amides is 1. The minimum atomic E-state index is -0.0881. The minimum Gasteiger partial charge on any atom is -0.355 e. The number of carbonyl (C=O) groups excluding carboxylic acids is 1. The van der Waals surface area contributed by atoms with Gasteiger partial charge in [0.25, 0.3) is 0 Å². The molecule has 118 valence electrons. The number of rotatable bonds is 9. The number of thioether (sulfide) groups is 1. The van der Waals surface area contributed by atoms with Crippen molar-refractivity contribution in [1.29, 1.82) is 0 Å². The monoisotopic (exact) mass is 327 g/mol. The Morgan fingerprint density at radius 2 is 1.95 bits per heavy atom. The van der Waals surface area contributed by atoms with Crippen molar-refractivity contribution in [2.24, 2.45) is 5.92 Å². The molecule has 0 saturated heterocycles. The summed E-state index contributed by atoms with van der Waals surface area (Å²) in [5, 5.41) is 3.72. The molecular weight excluding hydrogens is 302 g/mol. The molecule has 0 fully saturated rings. The van der Waals surface area contributed by atoms with Gasteiger partial charge in [0.2, 0.25) is 5.91 Å². The molecule has 0 unspecified atom stereocenters. The van der Waals surface area contributed by atoms with E-state index >= 15 is 0 Å². The van der Waals surface area contributed by atoms with Gasteiger partial charge in [-0.1, -0.05) is 44.7 Å². The molecule has 0 bridgehead atoms. The molecule has 0 radical (unpaired) electrons. The van der Waals surface area contributed by atoms with Crippen molar-refractivity contribution in [1.82, 2.24) is 5.32 Å². The number of benzene rings is 1. The molecule has 1 amide bonds. The highest BCUT2D eigenvalue weighted by molar-refractivity contribution is 8.00. The average molecular weight is 328 g/mol.